The number of oxazole rings is 1. The van der Waals surface area contributed by atoms with E-state index in [-0.39, 0.29) is 0 Å². The van der Waals surface area contributed by atoms with E-state index in [1.165, 1.54) is 5.56 Å². The zero-order valence-electron chi connectivity index (χ0n) is 11.0. The highest BCUT2D eigenvalue weighted by Crippen LogP contribution is 2.24. The summed E-state index contributed by atoms with van der Waals surface area (Å²) >= 11 is 3.43. The van der Waals surface area contributed by atoms with Crippen LogP contribution in [-0.2, 0) is 6.54 Å². The van der Waals surface area contributed by atoms with Gasteiger partial charge in [0.15, 0.2) is 5.58 Å². The van der Waals surface area contributed by atoms with Gasteiger partial charge in [0.25, 0.3) is 6.01 Å². The van der Waals surface area contributed by atoms with Crippen molar-refractivity contribution in [3.63, 3.8) is 0 Å². The molecule has 20 heavy (non-hydrogen) atoms. The van der Waals surface area contributed by atoms with Gasteiger partial charge in [-0.25, -0.2) is 0 Å². The molecule has 0 spiro atoms. The molecule has 0 amide bonds. The van der Waals surface area contributed by atoms with Crippen LogP contribution in [-0.4, -0.2) is 12.0 Å². The van der Waals surface area contributed by atoms with E-state index in [1.807, 2.05) is 36.2 Å². The maximum absolute atomic E-state index is 5.74. The van der Waals surface area contributed by atoms with E-state index in [9.17, 15) is 0 Å². The van der Waals surface area contributed by atoms with Crippen molar-refractivity contribution in [1.82, 2.24) is 4.98 Å². The number of benzene rings is 2. The summed E-state index contributed by atoms with van der Waals surface area (Å²) < 4.78 is 6.80. The van der Waals surface area contributed by atoms with Gasteiger partial charge < -0.3 is 15.1 Å². The summed E-state index contributed by atoms with van der Waals surface area (Å²) in [6.07, 6.45) is 0. The average Bonchev–Trinajstić information content (AvgIpc) is 2.84. The lowest BCUT2D eigenvalue weighted by Gasteiger charge is -2.14. The molecular weight excluding hydrogens is 318 g/mol. The molecule has 0 radical (unpaired) electrons. The number of fused-ring (bicyclic) bond motifs is 1. The quantitative estimate of drug-likeness (QED) is 0.741. The molecule has 0 unspecified atom stereocenters. The van der Waals surface area contributed by atoms with Gasteiger partial charge in [0.05, 0.1) is 0 Å². The number of hydrogen-bond donors (Lipinski definition) is 1. The first kappa shape index (κ1) is 13.0. The van der Waals surface area contributed by atoms with Gasteiger partial charge in [-0.05, 0) is 29.8 Å². The van der Waals surface area contributed by atoms with Gasteiger partial charge in [0.1, 0.15) is 5.52 Å². The highest BCUT2D eigenvalue weighted by Gasteiger charge is 2.11. The minimum Gasteiger partial charge on any atom is -0.423 e. The Hall–Kier alpha value is -2.01. The van der Waals surface area contributed by atoms with E-state index < -0.39 is 0 Å². The Bertz CT molecular complexity index is 736. The fourth-order valence-corrected chi connectivity index (χ4v) is 2.29. The van der Waals surface area contributed by atoms with Crippen molar-refractivity contribution in [3.05, 3.63) is 52.5 Å². The van der Waals surface area contributed by atoms with Crippen LogP contribution >= 0.6 is 15.9 Å². The standard InChI is InChI=1S/C15H14BrN3O/c1-19(9-10-2-4-11(16)5-3-10)15-18-13-7-6-12(17)8-14(13)20-15/h2-8H,9,17H2,1H3. The summed E-state index contributed by atoms with van der Waals surface area (Å²) in [4.78, 5) is 6.43. The first-order chi connectivity index (χ1) is 9.61. The van der Waals surface area contributed by atoms with E-state index in [0.29, 0.717) is 17.3 Å². The first-order valence-corrected chi connectivity index (χ1v) is 7.03. The van der Waals surface area contributed by atoms with Crippen molar-refractivity contribution in [2.75, 3.05) is 17.7 Å². The summed E-state index contributed by atoms with van der Waals surface area (Å²) in [5, 5.41) is 0. The van der Waals surface area contributed by atoms with Gasteiger partial charge in [-0.3, -0.25) is 0 Å². The Morgan fingerprint density at radius 1 is 1.20 bits per heavy atom. The van der Waals surface area contributed by atoms with Crippen LogP contribution in [0.3, 0.4) is 0 Å². The number of hydrogen-bond acceptors (Lipinski definition) is 4. The normalized spacial score (nSPS) is 10.9. The lowest BCUT2D eigenvalue weighted by molar-refractivity contribution is 0.582. The summed E-state index contributed by atoms with van der Waals surface area (Å²) in [5.41, 5.74) is 9.14. The van der Waals surface area contributed by atoms with Crippen molar-refractivity contribution in [3.8, 4) is 0 Å². The van der Waals surface area contributed by atoms with Gasteiger partial charge >= 0.3 is 0 Å². The van der Waals surface area contributed by atoms with Crippen LogP contribution in [0, 0.1) is 0 Å². The monoisotopic (exact) mass is 331 g/mol. The van der Waals surface area contributed by atoms with Gasteiger partial charge in [0, 0.05) is 29.8 Å². The lowest BCUT2D eigenvalue weighted by atomic mass is 10.2. The molecule has 0 bridgehead atoms. The van der Waals surface area contributed by atoms with E-state index in [2.05, 4.69) is 33.0 Å². The highest BCUT2D eigenvalue weighted by molar-refractivity contribution is 9.10. The number of halogens is 1. The van der Waals surface area contributed by atoms with Crippen molar-refractivity contribution in [2.24, 2.45) is 0 Å². The zero-order chi connectivity index (χ0) is 14.1. The Morgan fingerprint density at radius 2 is 1.95 bits per heavy atom. The molecular formula is C15H14BrN3O. The molecule has 0 atom stereocenters. The molecule has 0 aliphatic rings. The molecule has 2 N–H and O–H groups in total. The third-order valence-electron chi connectivity index (χ3n) is 3.06. The fraction of sp³-hybridized carbons (Fsp3) is 0.133. The number of aromatic nitrogens is 1. The number of rotatable bonds is 3. The second-order valence-electron chi connectivity index (χ2n) is 4.71. The highest BCUT2D eigenvalue weighted by atomic mass is 79.9. The van der Waals surface area contributed by atoms with E-state index in [4.69, 9.17) is 10.2 Å². The Kier molecular flexibility index (Phi) is 3.36. The molecule has 0 aliphatic carbocycles. The van der Waals surface area contributed by atoms with Crippen molar-refractivity contribution in [2.45, 2.75) is 6.54 Å². The third kappa shape index (κ3) is 2.63. The average molecular weight is 332 g/mol. The number of nitrogens with zero attached hydrogens (tertiary/aromatic N) is 2. The van der Waals surface area contributed by atoms with Crippen molar-refractivity contribution in [1.29, 1.82) is 0 Å². The molecule has 4 nitrogen and oxygen atoms in total. The summed E-state index contributed by atoms with van der Waals surface area (Å²) in [6, 6.07) is 14.3. The molecule has 3 rings (SSSR count). The van der Waals surface area contributed by atoms with E-state index >= 15 is 0 Å². The molecule has 102 valence electrons. The molecule has 0 saturated heterocycles. The molecule has 0 fully saturated rings. The Balaban J connectivity index is 1.84. The van der Waals surface area contributed by atoms with Crippen molar-refractivity contribution >= 4 is 38.7 Å². The predicted molar refractivity (Wildman–Crippen MR) is 84.7 cm³/mol. The van der Waals surface area contributed by atoms with Crippen LogP contribution < -0.4 is 10.6 Å². The van der Waals surface area contributed by atoms with Gasteiger partial charge in [-0.15, -0.1) is 0 Å². The number of nitrogens with two attached hydrogens (primary N) is 1. The van der Waals surface area contributed by atoms with E-state index in [0.717, 1.165) is 16.5 Å². The predicted octanol–water partition coefficient (Wildman–Crippen LogP) is 3.81. The molecule has 0 saturated carbocycles. The van der Waals surface area contributed by atoms with E-state index in [1.54, 1.807) is 6.07 Å². The largest absolute Gasteiger partial charge is 0.423 e. The molecule has 1 heterocycles. The Labute approximate surface area is 125 Å². The zero-order valence-corrected chi connectivity index (χ0v) is 12.6. The van der Waals surface area contributed by atoms with Crippen LogP contribution in [0.5, 0.6) is 0 Å². The topological polar surface area (TPSA) is 55.3 Å². The SMILES string of the molecule is CN(Cc1ccc(Br)cc1)c1nc2ccc(N)cc2o1. The maximum Gasteiger partial charge on any atom is 0.298 e. The minimum atomic E-state index is 0.591. The van der Waals surface area contributed by atoms with Gasteiger partial charge in [0.2, 0.25) is 0 Å². The number of anilines is 2. The molecule has 0 aliphatic heterocycles. The Morgan fingerprint density at radius 3 is 2.70 bits per heavy atom. The van der Waals surface area contributed by atoms with Crippen LogP contribution in [0.25, 0.3) is 11.1 Å². The summed E-state index contributed by atoms with van der Waals surface area (Å²) in [7, 11) is 1.95. The minimum absolute atomic E-state index is 0.591. The second-order valence-corrected chi connectivity index (χ2v) is 5.62. The molecule has 2 aromatic carbocycles. The van der Waals surface area contributed by atoms with Crippen molar-refractivity contribution < 1.29 is 4.42 Å². The van der Waals surface area contributed by atoms with Crippen LogP contribution in [0.15, 0.2) is 51.4 Å². The second kappa shape index (κ2) is 5.17. The van der Waals surface area contributed by atoms with Crippen LogP contribution in [0.2, 0.25) is 0 Å². The smallest absolute Gasteiger partial charge is 0.298 e. The fourth-order valence-electron chi connectivity index (χ4n) is 2.02. The summed E-state index contributed by atoms with van der Waals surface area (Å²) in [6.45, 7) is 0.732. The third-order valence-corrected chi connectivity index (χ3v) is 3.59. The van der Waals surface area contributed by atoms with Crippen LogP contribution in [0.1, 0.15) is 5.56 Å². The first-order valence-electron chi connectivity index (χ1n) is 6.23. The van der Waals surface area contributed by atoms with Crippen LogP contribution in [0.4, 0.5) is 11.7 Å². The van der Waals surface area contributed by atoms with Gasteiger partial charge in [-0.1, -0.05) is 28.1 Å². The molecule has 1 aromatic heterocycles. The molecule has 5 heteroatoms. The summed E-state index contributed by atoms with van der Waals surface area (Å²) in [5.74, 6) is 0. The molecule has 3 aromatic rings. The lowest BCUT2D eigenvalue weighted by Crippen LogP contribution is -2.16. The van der Waals surface area contributed by atoms with Gasteiger partial charge in [-0.2, -0.15) is 4.98 Å². The number of nitrogen functional groups attached to an aromatic ring is 1. The maximum atomic E-state index is 5.74.